The van der Waals surface area contributed by atoms with E-state index >= 15 is 0 Å². The summed E-state index contributed by atoms with van der Waals surface area (Å²) in [5.74, 6) is 0.773. The first-order valence-electron chi connectivity index (χ1n) is 11.0. The second-order valence-corrected chi connectivity index (χ2v) is 9.32. The van der Waals surface area contributed by atoms with Gasteiger partial charge < -0.3 is 10.1 Å². The average Bonchev–Trinajstić information content (AvgIpc) is 3.28. The number of nitrogens with one attached hydrogen (secondary N) is 1. The maximum absolute atomic E-state index is 13.5. The molecule has 0 saturated heterocycles. The number of carbonyl (C=O) groups is 1. The molecule has 176 valence electrons. The van der Waals surface area contributed by atoms with Crippen molar-refractivity contribution >= 4 is 40.0 Å². The minimum atomic E-state index is -0.495. The lowest BCUT2D eigenvalue weighted by Gasteiger charge is -2.15. The molecule has 0 spiro atoms. The lowest BCUT2D eigenvalue weighted by atomic mass is 10.2. The van der Waals surface area contributed by atoms with Crippen molar-refractivity contribution in [2.45, 2.75) is 24.3 Å². The number of rotatable bonds is 6. The smallest absolute Gasteiger partial charge is 0.267 e. The van der Waals surface area contributed by atoms with Crippen molar-refractivity contribution in [1.29, 1.82) is 0 Å². The first-order valence-corrected chi connectivity index (χ1v) is 11.9. The number of hydrogen-bond acceptors (Lipinski definition) is 6. The van der Waals surface area contributed by atoms with Crippen LogP contribution in [0.3, 0.4) is 0 Å². The molecule has 1 atom stereocenters. The van der Waals surface area contributed by atoms with Gasteiger partial charge in [0.1, 0.15) is 5.75 Å². The summed E-state index contributed by atoms with van der Waals surface area (Å²) >= 11 is 1.27. The van der Waals surface area contributed by atoms with Crippen LogP contribution in [-0.2, 0) is 4.79 Å². The van der Waals surface area contributed by atoms with Crippen molar-refractivity contribution < 1.29 is 9.53 Å². The average molecular weight is 486 g/mol. The van der Waals surface area contributed by atoms with Crippen LogP contribution in [0.4, 0.5) is 5.69 Å². The van der Waals surface area contributed by atoms with Crippen LogP contribution in [0.2, 0.25) is 0 Å². The molecule has 0 bridgehead atoms. The zero-order valence-electron chi connectivity index (χ0n) is 19.4. The lowest BCUT2D eigenvalue weighted by molar-refractivity contribution is -0.115. The number of hydrogen-bond donors (Lipinski definition) is 1. The fourth-order valence-electron chi connectivity index (χ4n) is 3.98. The van der Waals surface area contributed by atoms with Gasteiger partial charge in [-0.15, -0.1) is 10.2 Å². The summed E-state index contributed by atoms with van der Waals surface area (Å²) in [4.78, 5) is 26.5. The number of carbonyl (C=O) groups excluding carboxylic acids is 1. The Morgan fingerprint density at radius 1 is 1.00 bits per heavy atom. The third kappa shape index (κ3) is 4.04. The Balaban J connectivity index is 1.59. The highest BCUT2D eigenvalue weighted by Gasteiger charge is 2.23. The van der Waals surface area contributed by atoms with Crippen molar-refractivity contribution in [3.8, 4) is 11.4 Å². The highest BCUT2D eigenvalue weighted by atomic mass is 32.2. The van der Waals surface area contributed by atoms with Crippen molar-refractivity contribution in [3.05, 3.63) is 88.7 Å². The molecule has 0 aliphatic heterocycles. The van der Waals surface area contributed by atoms with Gasteiger partial charge in [-0.1, -0.05) is 54.2 Å². The van der Waals surface area contributed by atoms with E-state index in [1.165, 1.54) is 11.8 Å². The van der Waals surface area contributed by atoms with Gasteiger partial charge in [-0.2, -0.15) is 0 Å². The van der Waals surface area contributed by atoms with Crippen LogP contribution in [0.15, 0.2) is 82.7 Å². The van der Waals surface area contributed by atoms with Gasteiger partial charge in [-0.05, 0) is 49.7 Å². The topological polar surface area (TPSA) is 90.5 Å². The monoisotopic (exact) mass is 485 g/mol. The molecule has 1 unspecified atom stereocenters. The Morgan fingerprint density at radius 3 is 2.51 bits per heavy atom. The Hall–Kier alpha value is -4.11. The fourth-order valence-corrected chi connectivity index (χ4v) is 4.84. The SMILES string of the molecule is COc1ccccc1NC(=O)C(C)Sc1nnc2n(-c3ccccc3C)c(=O)c3ccccc3n12. The highest BCUT2D eigenvalue weighted by Crippen LogP contribution is 2.29. The summed E-state index contributed by atoms with van der Waals surface area (Å²) in [5, 5.41) is 12.2. The molecule has 1 N–H and O–H groups in total. The molecule has 1 amide bonds. The number of methoxy groups -OCH3 is 1. The van der Waals surface area contributed by atoms with Crippen molar-refractivity contribution in [2.24, 2.45) is 0 Å². The van der Waals surface area contributed by atoms with Crippen molar-refractivity contribution in [2.75, 3.05) is 12.4 Å². The first-order chi connectivity index (χ1) is 17.0. The zero-order chi connectivity index (χ0) is 24.5. The highest BCUT2D eigenvalue weighted by molar-refractivity contribution is 8.00. The van der Waals surface area contributed by atoms with Gasteiger partial charge >= 0.3 is 0 Å². The Labute approximate surface area is 205 Å². The number of anilines is 1. The van der Waals surface area contributed by atoms with Crippen LogP contribution in [-0.4, -0.2) is 37.4 Å². The van der Waals surface area contributed by atoms with Gasteiger partial charge in [-0.3, -0.25) is 14.0 Å². The van der Waals surface area contributed by atoms with Gasteiger partial charge in [-0.25, -0.2) is 4.57 Å². The Kier molecular flexibility index (Phi) is 6.00. The van der Waals surface area contributed by atoms with Gasteiger partial charge in [0.15, 0.2) is 5.16 Å². The lowest BCUT2D eigenvalue weighted by Crippen LogP contribution is -2.24. The maximum Gasteiger partial charge on any atom is 0.267 e. The summed E-state index contributed by atoms with van der Waals surface area (Å²) in [6.45, 7) is 3.75. The molecule has 0 aliphatic carbocycles. The van der Waals surface area contributed by atoms with E-state index in [1.807, 2.05) is 65.9 Å². The van der Waals surface area contributed by atoms with Crippen LogP contribution >= 0.6 is 11.8 Å². The molecule has 2 heterocycles. The van der Waals surface area contributed by atoms with E-state index in [9.17, 15) is 9.59 Å². The summed E-state index contributed by atoms with van der Waals surface area (Å²) in [6.07, 6.45) is 0. The van der Waals surface area contributed by atoms with Crippen molar-refractivity contribution in [3.63, 3.8) is 0 Å². The van der Waals surface area contributed by atoms with Crippen LogP contribution in [0.1, 0.15) is 12.5 Å². The number of aryl methyl sites for hydroxylation is 1. The number of nitrogens with zero attached hydrogens (tertiary/aromatic N) is 4. The molecule has 0 radical (unpaired) electrons. The van der Waals surface area contributed by atoms with Crippen molar-refractivity contribution in [1.82, 2.24) is 19.2 Å². The number of fused-ring (bicyclic) bond motifs is 3. The fraction of sp³-hybridized carbons (Fsp3) is 0.154. The molecule has 0 saturated carbocycles. The van der Waals surface area contributed by atoms with E-state index in [2.05, 4.69) is 15.5 Å². The summed E-state index contributed by atoms with van der Waals surface area (Å²) in [7, 11) is 1.56. The van der Waals surface area contributed by atoms with Crippen LogP contribution < -0.4 is 15.6 Å². The third-order valence-electron chi connectivity index (χ3n) is 5.77. The second-order valence-electron chi connectivity index (χ2n) is 8.01. The molecule has 5 aromatic rings. The molecule has 2 aromatic heterocycles. The predicted octanol–water partition coefficient (Wildman–Crippen LogP) is 4.47. The number of para-hydroxylation sites is 4. The molecule has 35 heavy (non-hydrogen) atoms. The Bertz CT molecular complexity index is 1630. The van der Waals surface area contributed by atoms with Gasteiger partial charge in [0.25, 0.3) is 5.56 Å². The quantitative estimate of drug-likeness (QED) is 0.357. The number of thioether (sulfide) groups is 1. The van der Waals surface area contributed by atoms with E-state index in [1.54, 1.807) is 36.8 Å². The minimum absolute atomic E-state index is 0.173. The van der Waals surface area contributed by atoms with Gasteiger partial charge in [0.2, 0.25) is 11.7 Å². The van der Waals surface area contributed by atoms with Gasteiger partial charge in [0, 0.05) is 0 Å². The van der Waals surface area contributed by atoms with Crippen LogP contribution in [0, 0.1) is 6.92 Å². The van der Waals surface area contributed by atoms with E-state index in [-0.39, 0.29) is 11.5 Å². The number of aromatic nitrogens is 4. The number of ether oxygens (including phenoxy) is 1. The summed E-state index contributed by atoms with van der Waals surface area (Å²) in [5.41, 5.74) is 2.78. The first kappa shape index (κ1) is 22.7. The molecule has 3 aromatic carbocycles. The molecule has 5 rings (SSSR count). The third-order valence-corrected chi connectivity index (χ3v) is 6.81. The summed E-state index contributed by atoms with van der Waals surface area (Å²) < 4.78 is 8.75. The second kappa shape index (κ2) is 9.27. The maximum atomic E-state index is 13.5. The molecular formula is C26H23N5O3S. The van der Waals surface area contributed by atoms with E-state index in [4.69, 9.17) is 4.74 Å². The predicted molar refractivity (Wildman–Crippen MR) is 138 cm³/mol. The van der Waals surface area contributed by atoms with Crippen LogP contribution in [0.25, 0.3) is 22.4 Å². The van der Waals surface area contributed by atoms with E-state index in [0.29, 0.717) is 33.3 Å². The molecule has 0 aliphatic rings. The molecule has 8 nitrogen and oxygen atoms in total. The Morgan fingerprint density at radius 2 is 1.71 bits per heavy atom. The number of benzene rings is 3. The molecule has 0 fully saturated rings. The largest absolute Gasteiger partial charge is 0.495 e. The van der Waals surface area contributed by atoms with Gasteiger partial charge in [0.05, 0.1) is 34.6 Å². The normalized spacial score (nSPS) is 12.1. The standard InChI is InChI=1S/C26H23N5O3S/c1-16-10-4-7-13-20(16)30-24(33)18-11-5-8-14-21(18)31-25(30)28-29-26(31)35-17(2)23(32)27-19-12-6-9-15-22(19)34-3/h4-15,17H,1-3H3,(H,27,32). The minimum Gasteiger partial charge on any atom is -0.495 e. The molecule has 9 heteroatoms. The summed E-state index contributed by atoms with van der Waals surface area (Å²) in [6, 6.07) is 22.2. The van der Waals surface area contributed by atoms with Crippen LogP contribution in [0.5, 0.6) is 5.75 Å². The zero-order valence-corrected chi connectivity index (χ0v) is 20.2. The number of amides is 1. The van der Waals surface area contributed by atoms with E-state index < -0.39 is 5.25 Å². The van der Waals surface area contributed by atoms with E-state index in [0.717, 1.165) is 11.3 Å². The molecular weight excluding hydrogens is 462 g/mol.